The van der Waals surface area contributed by atoms with Crippen LogP contribution in [0.5, 0.6) is 0 Å². The average molecular weight is 224 g/mol. The minimum absolute atomic E-state index is 0.408. The smallest absolute Gasteiger partial charge is 0.0518 e. The summed E-state index contributed by atoms with van der Waals surface area (Å²) in [5.74, 6) is 3.23. The Labute approximate surface area is 101 Å². The van der Waals surface area contributed by atoms with E-state index < -0.39 is 0 Å². The maximum Gasteiger partial charge on any atom is 0.0518 e. The maximum absolute atomic E-state index is 5.66. The lowest BCUT2D eigenvalue weighted by Crippen LogP contribution is -2.32. The lowest BCUT2D eigenvalue weighted by molar-refractivity contribution is 0.0496. The molecule has 0 bridgehead atoms. The van der Waals surface area contributed by atoms with Gasteiger partial charge in [-0.3, -0.25) is 0 Å². The van der Waals surface area contributed by atoms with Gasteiger partial charge in [0.2, 0.25) is 0 Å². The van der Waals surface area contributed by atoms with Crippen molar-refractivity contribution in [1.82, 2.24) is 0 Å². The molecule has 16 heavy (non-hydrogen) atoms. The molecule has 0 aromatic rings. The minimum atomic E-state index is 0.408. The maximum atomic E-state index is 5.66. The number of ether oxygens (including phenoxy) is 1. The van der Waals surface area contributed by atoms with Crippen molar-refractivity contribution in [1.29, 1.82) is 0 Å². The van der Waals surface area contributed by atoms with Crippen LogP contribution in [0.25, 0.3) is 0 Å². The van der Waals surface area contributed by atoms with Crippen LogP contribution >= 0.6 is 0 Å². The Morgan fingerprint density at radius 3 is 1.94 bits per heavy atom. The van der Waals surface area contributed by atoms with Gasteiger partial charge in [0.15, 0.2) is 0 Å². The van der Waals surface area contributed by atoms with Gasteiger partial charge >= 0.3 is 0 Å². The molecule has 2 rings (SSSR count). The molecule has 2 aliphatic carbocycles. The summed E-state index contributed by atoms with van der Waals surface area (Å²) in [6, 6.07) is 0. The summed E-state index contributed by atoms with van der Waals surface area (Å²) >= 11 is 0. The standard InChI is InChI=1S/C15H28O/c1-12(2)16-11-5-10-15(13-6-3-7-13)14-8-4-9-14/h12-15H,3-11H2,1-2H3. The molecule has 0 aromatic carbocycles. The van der Waals surface area contributed by atoms with E-state index in [2.05, 4.69) is 13.8 Å². The van der Waals surface area contributed by atoms with Gasteiger partial charge < -0.3 is 4.74 Å². The van der Waals surface area contributed by atoms with Crippen molar-refractivity contribution in [2.24, 2.45) is 17.8 Å². The first-order chi connectivity index (χ1) is 7.77. The Bertz CT molecular complexity index is 178. The molecule has 1 heteroatoms. The molecule has 0 aromatic heterocycles. The molecule has 0 unspecified atom stereocenters. The van der Waals surface area contributed by atoms with Crippen LogP contribution in [-0.2, 0) is 4.74 Å². The molecule has 94 valence electrons. The third-order valence-electron chi connectivity index (χ3n) is 4.64. The Morgan fingerprint density at radius 2 is 1.56 bits per heavy atom. The van der Waals surface area contributed by atoms with E-state index >= 15 is 0 Å². The van der Waals surface area contributed by atoms with Gasteiger partial charge in [-0.25, -0.2) is 0 Å². The molecule has 0 aliphatic heterocycles. The Balaban J connectivity index is 1.65. The predicted molar refractivity (Wildman–Crippen MR) is 68.5 cm³/mol. The quantitative estimate of drug-likeness (QED) is 0.582. The number of rotatable bonds is 7. The Hall–Kier alpha value is -0.0400. The zero-order chi connectivity index (χ0) is 11.4. The molecule has 0 heterocycles. The first-order valence-electron chi connectivity index (χ1n) is 7.39. The van der Waals surface area contributed by atoms with Crippen LogP contribution in [0.1, 0.15) is 65.2 Å². The molecule has 0 atom stereocenters. The fourth-order valence-corrected chi connectivity index (χ4v) is 3.23. The summed E-state index contributed by atoms with van der Waals surface area (Å²) in [4.78, 5) is 0. The molecule has 0 spiro atoms. The summed E-state index contributed by atoms with van der Waals surface area (Å²) < 4.78 is 5.66. The van der Waals surface area contributed by atoms with Crippen LogP contribution in [0.3, 0.4) is 0 Å². The summed E-state index contributed by atoms with van der Waals surface area (Å²) in [6.07, 6.45) is 12.2. The van der Waals surface area contributed by atoms with Crippen LogP contribution < -0.4 is 0 Å². The van der Waals surface area contributed by atoms with Crippen molar-refractivity contribution in [2.75, 3.05) is 6.61 Å². The first kappa shape index (κ1) is 12.4. The fourth-order valence-electron chi connectivity index (χ4n) is 3.23. The van der Waals surface area contributed by atoms with Crippen LogP contribution in [0.2, 0.25) is 0 Å². The predicted octanol–water partition coefficient (Wildman–Crippen LogP) is 4.41. The molecule has 0 saturated heterocycles. The summed E-state index contributed by atoms with van der Waals surface area (Å²) in [5, 5.41) is 0. The summed E-state index contributed by atoms with van der Waals surface area (Å²) in [7, 11) is 0. The zero-order valence-corrected chi connectivity index (χ0v) is 11.1. The molecule has 2 fully saturated rings. The molecular weight excluding hydrogens is 196 g/mol. The summed E-state index contributed by atoms with van der Waals surface area (Å²) in [5.41, 5.74) is 0. The third-order valence-corrected chi connectivity index (χ3v) is 4.64. The van der Waals surface area contributed by atoms with E-state index in [-0.39, 0.29) is 0 Å². The van der Waals surface area contributed by atoms with Gasteiger partial charge in [0.1, 0.15) is 0 Å². The van der Waals surface area contributed by atoms with E-state index in [1.807, 2.05) is 0 Å². The molecule has 0 amide bonds. The highest BCUT2D eigenvalue weighted by atomic mass is 16.5. The second kappa shape index (κ2) is 6.05. The second-order valence-corrected chi connectivity index (χ2v) is 6.11. The highest BCUT2D eigenvalue weighted by molar-refractivity contribution is 4.86. The highest BCUT2D eigenvalue weighted by Crippen LogP contribution is 2.46. The monoisotopic (exact) mass is 224 g/mol. The van der Waals surface area contributed by atoms with Gasteiger partial charge in [0.25, 0.3) is 0 Å². The van der Waals surface area contributed by atoms with Gasteiger partial charge in [-0.15, -0.1) is 0 Å². The van der Waals surface area contributed by atoms with Crippen molar-refractivity contribution in [3.63, 3.8) is 0 Å². The van der Waals surface area contributed by atoms with E-state index in [0.29, 0.717) is 6.10 Å². The minimum Gasteiger partial charge on any atom is -0.379 e. The molecule has 2 aliphatic rings. The van der Waals surface area contributed by atoms with Crippen LogP contribution in [-0.4, -0.2) is 12.7 Å². The van der Waals surface area contributed by atoms with E-state index in [1.54, 1.807) is 0 Å². The van der Waals surface area contributed by atoms with E-state index in [0.717, 1.165) is 24.4 Å². The molecule has 0 radical (unpaired) electrons. The normalized spacial score (nSPS) is 22.5. The van der Waals surface area contributed by atoms with Crippen molar-refractivity contribution in [3.05, 3.63) is 0 Å². The van der Waals surface area contributed by atoms with Crippen molar-refractivity contribution >= 4 is 0 Å². The SMILES string of the molecule is CC(C)OCCCC(C1CCC1)C1CCC1. The topological polar surface area (TPSA) is 9.23 Å². The summed E-state index contributed by atoms with van der Waals surface area (Å²) in [6.45, 7) is 5.25. The Morgan fingerprint density at radius 1 is 1.00 bits per heavy atom. The van der Waals surface area contributed by atoms with Crippen LogP contribution in [0, 0.1) is 17.8 Å². The van der Waals surface area contributed by atoms with E-state index in [1.165, 1.54) is 51.4 Å². The zero-order valence-electron chi connectivity index (χ0n) is 11.1. The number of hydrogen-bond donors (Lipinski definition) is 0. The second-order valence-electron chi connectivity index (χ2n) is 6.11. The fraction of sp³-hybridized carbons (Fsp3) is 1.00. The van der Waals surface area contributed by atoms with Crippen molar-refractivity contribution in [2.45, 2.75) is 71.3 Å². The molecule has 1 nitrogen and oxygen atoms in total. The highest BCUT2D eigenvalue weighted by Gasteiger charge is 2.35. The first-order valence-corrected chi connectivity index (χ1v) is 7.39. The van der Waals surface area contributed by atoms with Gasteiger partial charge in [-0.2, -0.15) is 0 Å². The van der Waals surface area contributed by atoms with Gasteiger partial charge in [0.05, 0.1) is 6.10 Å². The largest absolute Gasteiger partial charge is 0.379 e. The lowest BCUT2D eigenvalue weighted by atomic mass is 9.63. The van der Waals surface area contributed by atoms with Crippen LogP contribution in [0.15, 0.2) is 0 Å². The van der Waals surface area contributed by atoms with E-state index in [4.69, 9.17) is 4.74 Å². The van der Waals surface area contributed by atoms with Crippen molar-refractivity contribution in [3.8, 4) is 0 Å². The van der Waals surface area contributed by atoms with Crippen LogP contribution in [0.4, 0.5) is 0 Å². The number of hydrogen-bond acceptors (Lipinski definition) is 1. The Kier molecular flexibility index (Phi) is 4.69. The van der Waals surface area contributed by atoms with Gasteiger partial charge in [-0.05, 0) is 44.4 Å². The van der Waals surface area contributed by atoms with Gasteiger partial charge in [0, 0.05) is 6.61 Å². The van der Waals surface area contributed by atoms with Gasteiger partial charge in [-0.1, -0.05) is 38.5 Å². The lowest BCUT2D eigenvalue weighted by Gasteiger charge is -2.42. The molecule has 2 saturated carbocycles. The average Bonchev–Trinajstić information content (AvgIpc) is 2.05. The molecule has 0 N–H and O–H groups in total. The third kappa shape index (κ3) is 3.23. The van der Waals surface area contributed by atoms with E-state index in [9.17, 15) is 0 Å². The molecular formula is C15H28O. The van der Waals surface area contributed by atoms with Crippen molar-refractivity contribution < 1.29 is 4.74 Å².